The number of hydrogen-bond acceptors (Lipinski definition) is 5. The van der Waals surface area contributed by atoms with Crippen LogP contribution in [0.25, 0.3) is 5.65 Å². The molecule has 0 N–H and O–H groups in total. The highest BCUT2D eigenvalue weighted by molar-refractivity contribution is 5.90. The second-order valence-corrected chi connectivity index (χ2v) is 4.38. The molecule has 21 heavy (non-hydrogen) atoms. The van der Waals surface area contributed by atoms with Crippen molar-refractivity contribution >= 4 is 11.6 Å². The molecule has 3 heterocycles. The Labute approximate surface area is 121 Å². The smallest absolute Gasteiger partial charge is 0.338 e. The predicted octanol–water partition coefficient (Wildman–Crippen LogP) is 2.09. The van der Waals surface area contributed by atoms with Gasteiger partial charge in [0.05, 0.1) is 24.6 Å². The molecule has 0 aromatic carbocycles. The van der Waals surface area contributed by atoms with Gasteiger partial charge in [0, 0.05) is 18.6 Å². The third-order valence-corrected chi connectivity index (χ3v) is 2.95. The summed E-state index contributed by atoms with van der Waals surface area (Å²) in [5, 5.41) is 0. The van der Waals surface area contributed by atoms with Crippen LogP contribution in [0.3, 0.4) is 0 Å². The van der Waals surface area contributed by atoms with Crippen molar-refractivity contribution in [3.05, 3.63) is 60.3 Å². The number of nitrogens with zero attached hydrogens (tertiary/aromatic N) is 3. The zero-order chi connectivity index (χ0) is 14.7. The topological polar surface area (TPSA) is 65.7 Å². The highest BCUT2D eigenvalue weighted by Crippen LogP contribution is 2.12. The zero-order valence-electron chi connectivity index (χ0n) is 11.4. The minimum atomic E-state index is -0.381. The summed E-state index contributed by atoms with van der Waals surface area (Å²) in [4.78, 5) is 19.9. The molecule has 0 atom stereocenters. The fraction of sp³-hybridized carbons (Fsp3) is 0.133. The number of rotatable bonds is 4. The van der Waals surface area contributed by atoms with E-state index >= 15 is 0 Å². The van der Waals surface area contributed by atoms with Gasteiger partial charge in [-0.1, -0.05) is 0 Å². The van der Waals surface area contributed by atoms with Crippen LogP contribution in [0.2, 0.25) is 0 Å². The zero-order valence-corrected chi connectivity index (χ0v) is 11.4. The summed E-state index contributed by atoms with van der Waals surface area (Å²) >= 11 is 0. The van der Waals surface area contributed by atoms with Gasteiger partial charge in [-0.3, -0.25) is 4.98 Å². The van der Waals surface area contributed by atoms with Gasteiger partial charge in [0.2, 0.25) is 0 Å². The second-order valence-electron chi connectivity index (χ2n) is 4.38. The van der Waals surface area contributed by atoms with Crippen molar-refractivity contribution in [2.75, 3.05) is 7.11 Å². The summed E-state index contributed by atoms with van der Waals surface area (Å²) in [5.74, 6) is 0.304. The van der Waals surface area contributed by atoms with Crippen molar-refractivity contribution in [2.45, 2.75) is 6.61 Å². The molecule has 0 fully saturated rings. The maximum absolute atomic E-state index is 11.5. The Kier molecular flexibility index (Phi) is 3.51. The van der Waals surface area contributed by atoms with Crippen LogP contribution < -0.4 is 4.74 Å². The normalized spacial score (nSPS) is 10.5. The van der Waals surface area contributed by atoms with Gasteiger partial charge in [-0.15, -0.1) is 0 Å². The molecule has 0 saturated heterocycles. The molecular weight excluding hydrogens is 270 g/mol. The maximum atomic E-state index is 11.5. The molecule has 6 heteroatoms. The van der Waals surface area contributed by atoms with E-state index in [1.54, 1.807) is 30.7 Å². The van der Waals surface area contributed by atoms with E-state index in [-0.39, 0.29) is 5.97 Å². The van der Waals surface area contributed by atoms with Gasteiger partial charge in [-0.05, 0) is 24.3 Å². The molecule has 6 nitrogen and oxygen atoms in total. The summed E-state index contributed by atoms with van der Waals surface area (Å²) in [6, 6.07) is 7.01. The van der Waals surface area contributed by atoms with Crippen molar-refractivity contribution in [3.63, 3.8) is 0 Å². The largest absolute Gasteiger partial charge is 0.486 e. The number of imidazole rings is 1. The SMILES string of the molecule is COC(=O)c1ccn2cc(COc3cccnc3)nc2c1. The molecule has 0 aliphatic rings. The van der Waals surface area contributed by atoms with Gasteiger partial charge in [0.25, 0.3) is 0 Å². The Balaban J connectivity index is 1.79. The first-order chi connectivity index (χ1) is 10.3. The predicted molar refractivity (Wildman–Crippen MR) is 75.1 cm³/mol. The quantitative estimate of drug-likeness (QED) is 0.686. The van der Waals surface area contributed by atoms with E-state index in [0.29, 0.717) is 23.6 Å². The van der Waals surface area contributed by atoms with Crippen molar-refractivity contribution in [1.82, 2.24) is 14.4 Å². The average molecular weight is 283 g/mol. The van der Waals surface area contributed by atoms with Crippen LogP contribution >= 0.6 is 0 Å². The molecule has 0 bridgehead atoms. The number of pyridine rings is 2. The van der Waals surface area contributed by atoms with Gasteiger partial charge in [-0.25, -0.2) is 9.78 Å². The standard InChI is InChI=1S/C15H13N3O3/c1-20-15(19)11-4-6-18-9-12(17-14(18)7-11)10-21-13-3-2-5-16-8-13/h2-9H,10H2,1H3. The van der Waals surface area contributed by atoms with Crippen LogP contribution in [0.4, 0.5) is 0 Å². The van der Waals surface area contributed by atoms with E-state index in [9.17, 15) is 4.79 Å². The Morgan fingerprint density at radius 1 is 1.38 bits per heavy atom. The Bertz CT molecular complexity index is 768. The number of ether oxygens (including phenoxy) is 2. The number of esters is 1. The highest BCUT2D eigenvalue weighted by atomic mass is 16.5. The molecule has 0 saturated carbocycles. The van der Waals surface area contributed by atoms with E-state index in [1.807, 2.05) is 22.7 Å². The third kappa shape index (κ3) is 2.84. The Morgan fingerprint density at radius 3 is 3.05 bits per heavy atom. The summed E-state index contributed by atoms with van der Waals surface area (Å²) in [7, 11) is 1.35. The second kappa shape index (κ2) is 5.62. The molecule has 0 aliphatic carbocycles. The van der Waals surface area contributed by atoms with Gasteiger partial charge >= 0.3 is 5.97 Å². The van der Waals surface area contributed by atoms with E-state index < -0.39 is 0 Å². The summed E-state index contributed by atoms with van der Waals surface area (Å²) < 4.78 is 12.1. The number of hydrogen-bond donors (Lipinski definition) is 0. The lowest BCUT2D eigenvalue weighted by molar-refractivity contribution is 0.0600. The number of aromatic nitrogens is 3. The Morgan fingerprint density at radius 2 is 2.29 bits per heavy atom. The molecule has 106 valence electrons. The first-order valence-corrected chi connectivity index (χ1v) is 6.35. The molecule has 3 aromatic rings. The van der Waals surface area contributed by atoms with Crippen molar-refractivity contribution in [2.24, 2.45) is 0 Å². The first kappa shape index (κ1) is 13.1. The summed E-state index contributed by atoms with van der Waals surface area (Å²) in [6.07, 6.45) is 6.95. The lowest BCUT2D eigenvalue weighted by Crippen LogP contribution is -2.01. The van der Waals surface area contributed by atoms with Crippen LogP contribution in [-0.2, 0) is 11.3 Å². The first-order valence-electron chi connectivity index (χ1n) is 6.35. The van der Waals surface area contributed by atoms with Crippen LogP contribution in [0.1, 0.15) is 16.1 Å². The molecule has 0 radical (unpaired) electrons. The van der Waals surface area contributed by atoms with E-state index in [0.717, 1.165) is 5.69 Å². The van der Waals surface area contributed by atoms with Gasteiger partial charge in [-0.2, -0.15) is 0 Å². The van der Waals surface area contributed by atoms with Crippen LogP contribution in [0, 0.1) is 0 Å². The van der Waals surface area contributed by atoms with Gasteiger partial charge in [0.15, 0.2) is 0 Å². The molecule has 3 aromatic heterocycles. The summed E-state index contributed by atoms with van der Waals surface area (Å²) in [6.45, 7) is 0.334. The fourth-order valence-corrected chi connectivity index (χ4v) is 1.94. The van der Waals surface area contributed by atoms with Crippen molar-refractivity contribution in [1.29, 1.82) is 0 Å². The molecule has 0 aliphatic heterocycles. The Hall–Kier alpha value is -2.89. The maximum Gasteiger partial charge on any atom is 0.338 e. The third-order valence-electron chi connectivity index (χ3n) is 2.95. The molecule has 3 rings (SSSR count). The summed E-state index contributed by atoms with van der Waals surface area (Å²) in [5.41, 5.74) is 1.90. The molecular formula is C15H13N3O3. The van der Waals surface area contributed by atoms with Crippen molar-refractivity contribution in [3.8, 4) is 5.75 Å². The highest BCUT2D eigenvalue weighted by Gasteiger charge is 2.08. The monoisotopic (exact) mass is 283 g/mol. The van der Waals surface area contributed by atoms with Gasteiger partial charge < -0.3 is 13.9 Å². The molecule has 0 spiro atoms. The molecule has 0 amide bonds. The number of methoxy groups -OCH3 is 1. The minimum absolute atomic E-state index is 0.334. The van der Waals surface area contributed by atoms with Gasteiger partial charge in [0.1, 0.15) is 18.0 Å². The van der Waals surface area contributed by atoms with E-state index in [4.69, 9.17) is 4.74 Å². The number of fused-ring (bicyclic) bond motifs is 1. The van der Waals surface area contributed by atoms with Crippen LogP contribution in [0.5, 0.6) is 5.75 Å². The lowest BCUT2D eigenvalue weighted by atomic mass is 10.3. The average Bonchev–Trinajstić information content (AvgIpc) is 2.95. The lowest BCUT2D eigenvalue weighted by Gasteiger charge is -2.01. The molecule has 0 unspecified atom stereocenters. The fourth-order valence-electron chi connectivity index (χ4n) is 1.94. The number of carbonyl (C=O) groups excluding carboxylic acids is 1. The van der Waals surface area contributed by atoms with Crippen LogP contribution in [-0.4, -0.2) is 27.4 Å². The minimum Gasteiger partial charge on any atom is -0.486 e. The van der Waals surface area contributed by atoms with E-state index in [1.165, 1.54) is 7.11 Å². The van der Waals surface area contributed by atoms with Crippen LogP contribution in [0.15, 0.2) is 49.1 Å². The number of carbonyl (C=O) groups is 1. The van der Waals surface area contributed by atoms with Crippen molar-refractivity contribution < 1.29 is 14.3 Å². The van der Waals surface area contributed by atoms with E-state index in [2.05, 4.69) is 14.7 Å².